The molecule has 2 aromatic carbocycles. The van der Waals surface area contributed by atoms with Crippen molar-refractivity contribution < 1.29 is 14.3 Å². The van der Waals surface area contributed by atoms with Gasteiger partial charge in [0.1, 0.15) is 12.4 Å². The van der Waals surface area contributed by atoms with Crippen LogP contribution in [0, 0.1) is 20.8 Å². The van der Waals surface area contributed by atoms with Gasteiger partial charge in [0, 0.05) is 11.4 Å². The molecule has 4 rings (SSSR count). The van der Waals surface area contributed by atoms with E-state index in [2.05, 4.69) is 4.57 Å². The van der Waals surface area contributed by atoms with Crippen LogP contribution in [0.5, 0.6) is 5.75 Å². The number of benzene rings is 2. The normalized spacial score (nSPS) is 15.1. The van der Waals surface area contributed by atoms with E-state index in [0.717, 1.165) is 45.6 Å². The van der Waals surface area contributed by atoms with E-state index in [1.807, 2.05) is 87.5 Å². The number of imide groups is 1. The van der Waals surface area contributed by atoms with Crippen molar-refractivity contribution >= 4 is 29.0 Å². The van der Waals surface area contributed by atoms with Crippen LogP contribution in [-0.2, 0) is 17.9 Å². The molecule has 0 spiro atoms. The molecule has 1 aromatic heterocycles. The first-order valence-corrected chi connectivity index (χ1v) is 11.4. The van der Waals surface area contributed by atoms with Crippen LogP contribution < -0.4 is 4.74 Å². The molecule has 0 bridgehead atoms. The molecule has 1 fully saturated rings. The second-order valence-corrected chi connectivity index (χ2v) is 8.89. The van der Waals surface area contributed by atoms with E-state index in [9.17, 15) is 9.59 Å². The van der Waals surface area contributed by atoms with Crippen molar-refractivity contribution in [3.63, 3.8) is 0 Å². The predicted octanol–water partition coefficient (Wildman–Crippen LogP) is 5.73. The van der Waals surface area contributed by atoms with Crippen LogP contribution in [0.2, 0.25) is 0 Å². The maximum atomic E-state index is 12.9. The van der Waals surface area contributed by atoms with E-state index >= 15 is 0 Å². The lowest BCUT2D eigenvalue weighted by molar-refractivity contribution is -0.123. The molecule has 0 saturated carbocycles. The molecule has 32 heavy (non-hydrogen) atoms. The van der Waals surface area contributed by atoms with E-state index in [1.54, 1.807) is 0 Å². The van der Waals surface area contributed by atoms with Crippen molar-refractivity contribution in [2.24, 2.45) is 0 Å². The summed E-state index contributed by atoms with van der Waals surface area (Å²) in [6.07, 6.45) is 1.83. The molecule has 2 heterocycles. The lowest BCUT2D eigenvalue weighted by atomic mass is 10.1. The minimum atomic E-state index is -0.237. The molecule has 2 amide bonds. The molecule has 6 heteroatoms. The molecular formula is C26H26N2O3S. The van der Waals surface area contributed by atoms with Gasteiger partial charge in [-0.25, -0.2) is 0 Å². The first kappa shape index (κ1) is 22.0. The minimum absolute atomic E-state index is 0.229. The van der Waals surface area contributed by atoms with Gasteiger partial charge in [0.15, 0.2) is 0 Å². The van der Waals surface area contributed by atoms with Crippen LogP contribution >= 0.6 is 11.8 Å². The zero-order valence-corrected chi connectivity index (χ0v) is 19.3. The Kier molecular flexibility index (Phi) is 6.51. The Morgan fingerprint density at radius 2 is 1.75 bits per heavy atom. The highest BCUT2D eigenvalue weighted by Crippen LogP contribution is 2.34. The van der Waals surface area contributed by atoms with Gasteiger partial charge >= 0.3 is 0 Å². The first-order chi connectivity index (χ1) is 15.4. The van der Waals surface area contributed by atoms with Crippen molar-refractivity contribution in [2.75, 3.05) is 6.61 Å². The van der Waals surface area contributed by atoms with E-state index in [1.165, 1.54) is 4.90 Å². The minimum Gasteiger partial charge on any atom is -0.492 e. The Morgan fingerprint density at radius 3 is 2.50 bits per heavy atom. The number of aromatic nitrogens is 1. The standard InChI is InChI=1S/C26H26N2O3S/c1-18-8-7-9-21(14-18)17-28-25(29)24(32-26(28)30)16-22-15-19(2)27(20(22)3)12-13-31-23-10-5-4-6-11-23/h4-11,14-16H,12-13,17H2,1-3H3/b24-16-. The summed E-state index contributed by atoms with van der Waals surface area (Å²) >= 11 is 1.00. The molecule has 5 nitrogen and oxygen atoms in total. The summed E-state index contributed by atoms with van der Waals surface area (Å²) < 4.78 is 8.00. The third-order valence-electron chi connectivity index (χ3n) is 5.52. The Balaban J connectivity index is 1.47. The zero-order chi connectivity index (χ0) is 22.7. The molecule has 1 saturated heterocycles. The topological polar surface area (TPSA) is 51.5 Å². The van der Waals surface area contributed by atoms with Crippen molar-refractivity contribution in [1.29, 1.82) is 0 Å². The maximum absolute atomic E-state index is 12.9. The third-order valence-corrected chi connectivity index (χ3v) is 6.43. The molecule has 0 aliphatic carbocycles. The van der Waals surface area contributed by atoms with Crippen molar-refractivity contribution in [3.8, 4) is 5.75 Å². The van der Waals surface area contributed by atoms with E-state index in [4.69, 9.17) is 4.74 Å². The van der Waals surface area contributed by atoms with Crippen molar-refractivity contribution in [1.82, 2.24) is 9.47 Å². The van der Waals surface area contributed by atoms with Crippen LogP contribution in [0.1, 0.15) is 28.1 Å². The highest BCUT2D eigenvalue weighted by atomic mass is 32.2. The van der Waals surface area contributed by atoms with Crippen molar-refractivity contribution in [3.05, 3.63) is 93.6 Å². The molecule has 164 valence electrons. The summed E-state index contributed by atoms with van der Waals surface area (Å²) in [5, 5.41) is -0.229. The number of carbonyl (C=O) groups excluding carboxylic acids is 2. The predicted molar refractivity (Wildman–Crippen MR) is 129 cm³/mol. The van der Waals surface area contributed by atoms with Crippen LogP contribution in [-0.4, -0.2) is 27.2 Å². The van der Waals surface area contributed by atoms with Crippen LogP contribution in [0.3, 0.4) is 0 Å². The number of aryl methyl sites for hydroxylation is 2. The Morgan fingerprint density at radius 1 is 0.969 bits per heavy atom. The quantitative estimate of drug-likeness (QED) is 0.435. The number of thioether (sulfide) groups is 1. The second-order valence-electron chi connectivity index (χ2n) is 7.90. The largest absolute Gasteiger partial charge is 0.492 e. The molecule has 3 aromatic rings. The molecule has 0 radical (unpaired) electrons. The van der Waals surface area contributed by atoms with Crippen molar-refractivity contribution in [2.45, 2.75) is 33.9 Å². The number of hydrogen-bond donors (Lipinski definition) is 0. The van der Waals surface area contributed by atoms with E-state index in [0.29, 0.717) is 24.6 Å². The van der Waals surface area contributed by atoms with Gasteiger partial charge in [0.05, 0.1) is 18.0 Å². The molecule has 0 atom stereocenters. The number of rotatable bonds is 7. The summed E-state index contributed by atoms with van der Waals surface area (Å²) in [6, 6.07) is 19.7. The van der Waals surface area contributed by atoms with Gasteiger partial charge < -0.3 is 9.30 Å². The van der Waals surface area contributed by atoms with Gasteiger partial charge in [-0.05, 0) is 67.9 Å². The molecule has 0 unspecified atom stereocenters. The van der Waals surface area contributed by atoms with Gasteiger partial charge in [-0.3, -0.25) is 14.5 Å². The van der Waals surface area contributed by atoms with Gasteiger partial charge in [-0.1, -0.05) is 48.0 Å². The fraction of sp³-hybridized carbons (Fsp3) is 0.231. The maximum Gasteiger partial charge on any atom is 0.293 e. The Hall–Kier alpha value is -3.25. The fourth-order valence-corrected chi connectivity index (χ4v) is 4.69. The number of carbonyl (C=O) groups is 2. The zero-order valence-electron chi connectivity index (χ0n) is 18.5. The Labute approximate surface area is 192 Å². The number of hydrogen-bond acceptors (Lipinski definition) is 4. The number of para-hydroxylation sites is 1. The highest BCUT2D eigenvalue weighted by Gasteiger charge is 2.35. The van der Waals surface area contributed by atoms with E-state index < -0.39 is 0 Å². The summed E-state index contributed by atoms with van der Waals surface area (Å²) in [7, 11) is 0. The summed E-state index contributed by atoms with van der Waals surface area (Å²) in [5.41, 5.74) is 5.14. The lowest BCUT2D eigenvalue weighted by Crippen LogP contribution is -2.27. The van der Waals surface area contributed by atoms with Gasteiger partial charge in [-0.15, -0.1) is 0 Å². The highest BCUT2D eigenvalue weighted by molar-refractivity contribution is 8.18. The molecular weight excluding hydrogens is 420 g/mol. The summed E-state index contributed by atoms with van der Waals surface area (Å²) in [5.74, 6) is 0.608. The summed E-state index contributed by atoms with van der Waals surface area (Å²) in [4.78, 5) is 27.2. The van der Waals surface area contributed by atoms with Crippen LogP contribution in [0.4, 0.5) is 4.79 Å². The molecule has 1 aliphatic heterocycles. The molecule has 1 aliphatic rings. The smallest absolute Gasteiger partial charge is 0.293 e. The number of nitrogens with zero attached hydrogens (tertiary/aromatic N) is 2. The fourth-order valence-electron chi connectivity index (χ4n) is 3.86. The average Bonchev–Trinajstić information content (AvgIpc) is 3.19. The lowest BCUT2D eigenvalue weighted by Gasteiger charge is -2.12. The first-order valence-electron chi connectivity index (χ1n) is 10.6. The second kappa shape index (κ2) is 9.49. The third kappa shape index (κ3) is 4.81. The average molecular weight is 447 g/mol. The van der Waals surface area contributed by atoms with Crippen LogP contribution in [0.15, 0.2) is 65.6 Å². The monoisotopic (exact) mass is 446 g/mol. The van der Waals surface area contributed by atoms with E-state index in [-0.39, 0.29) is 11.1 Å². The SMILES string of the molecule is Cc1cccc(CN2C(=O)S/C(=C\c3cc(C)n(CCOc4ccccc4)c3C)C2=O)c1. The van der Waals surface area contributed by atoms with Gasteiger partial charge in [0.2, 0.25) is 0 Å². The summed E-state index contributed by atoms with van der Waals surface area (Å²) in [6.45, 7) is 7.61. The van der Waals surface area contributed by atoms with Crippen LogP contribution in [0.25, 0.3) is 6.08 Å². The number of ether oxygens (including phenoxy) is 1. The van der Waals surface area contributed by atoms with Gasteiger partial charge in [0.25, 0.3) is 11.1 Å². The molecule has 0 N–H and O–H groups in total. The number of amides is 2. The Bertz CT molecular complexity index is 1180. The van der Waals surface area contributed by atoms with Gasteiger partial charge in [-0.2, -0.15) is 0 Å².